The average molecular weight is 280 g/mol. The van der Waals surface area contributed by atoms with Gasteiger partial charge in [-0.2, -0.15) is 0 Å². The van der Waals surface area contributed by atoms with E-state index in [4.69, 9.17) is 21.1 Å². The maximum absolute atomic E-state index is 6.20. The smallest absolute Gasteiger partial charge is 0.231 e. The Morgan fingerprint density at radius 1 is 1.37 bits per heavy atom. The Morgan fingerprint density at radius 2 is 2.16 bits per heavy atom. The van der Waals surface area contributed by atoms with E-state index in [2.05, 4.69) is 21.8 Å². The van der Waals surface area contributed by atoms with E-state index in [-0.39, 0.29) is 6.79 Å². The molecule has 100 valence electrons. The summed E-state index contributed by atoms with van der Waals surface area (Å²) in [4.78, 5) is 4.13. The van der Waals surface area contributed by atoms with Crippen molar-refractivity contribution < 1.29 is 9.47 Å². The third kappa shape index (κ3) is 2.33. The molecule has 19 heavy (non-hydrogen) atoms. The van der Waals surface area contributed by atoms with E-state index in [0.29, 0.717) is 17.3 Å². The average Bonchev–Trinajstić information content (AvgIpc) is 3.03. The molecule has 0 bridgehead atoms. The molecule has 1 aromatic carbocycles. The van der Waals surface area contributed by atoms with Gasteiger partial charge in [0.25, 0.3) is 0 Å². The molecule has 1 aromatic heterocycles. The highest BCUT2D eigenvalue weighted by molar-refractivity contribution is 6.33. The Morgan fingerprint density at radius 3 is 2.95 bits per heavy atom. The molecule has 2 heterocycles. The van der Waals surface area contributed by atoms with E-state index in [9.17, 15) is 0 Å². The molecule has 6 heteroatoms. The largest absolute Gasteiger partial charge is 0.454 e. The van der Waals surface area contributed by atoms with Gasteiger partial charge in [0, 0.05) is 24.9 Å². The van der Waals surface area contributed by atoms with E-state index in [1.165, 1.54) is 0 Å². The number of hydrogen-bond donors (Lipinski definition) is 1. The van der Waals surface area contributed by atoms with Crippen LogP contribution in [0.25, 0.3) is 0 Å². The molecule has 0 unspecified atom stereocenters. The molecule has 0 radical (unpaired) electrons. The fourth-order valence-corrected chi connectivity index (χ4v) is 2.24. The van der Waals surface area contributed by atoms with Gasteiger partial charge in [0.1, 0.15) is 0 Å². The number of ether oxygens (including phenoxy) is 2. The molecule has 0 spiro atoms. The number of aromatic nitrogens is 2. The number of nitrogens with zero attached hydrogens (tertiary/aromatic N) is 2. The number of aryl methyl sites for hydroxylation is 1. The molecule has 3 rings (SSSR count). The Kier molecular flexibility index (Phi) is 3.21. The summed E-state index contributed by atoms with van der Waals surface area (Å²) < 4.78 is 12.7. The molecule has 1 aliphatic heterocycles. The number of nitrogens with one attached hydrogen (secondary N) is 1. The second-order valence-electron chi connectivity index (χ2n) is 4.21. The third-order valence-electron chi connectivity index (χ3n) is 3.06. The minimum Gasteiger partial charge on any atom is -0.454 e. The van der Waals surface area contributed by atoms with Crippen LogP contribution >= 0.6 is 11.6 Å². The van der Waals surface area contributed by atoms with Crippen molar-refractivity contribution in [2.24, 2.45) is 0 Å². The monoisotopic (exact) mass is 279 g/mol. The normalized spacial score (nSPS) is 12.7. The van der Waals surface area contributed by atoms with Crippen LogP contribution in [0.1, 0.15) is 12.6 Å². The first-order valence-electron chi connectivity index (χ1n) is 6.10. The molecule has 2 aromatic rings. The number of anilines is 1. The summed E-state index contributed by atoms with van der Waals surface area (Å²) in [6.45, 7) is 3.88. The van der Waals surface area contributed by atoms with Gasteiger partial charge in [0.2, 0.25) is 6.79 Å². The second-order valence-corrected chi connectivity index (χ2v) is 4.62. The molecule has 0 atom stereocenters. The lowest BCUT2D eigenvalue weighted by molar-refractivity contribution is 0.174. The van der Waals surface area contributed by atoms with Crippen molar-refractivity contribution >= 4 is 17.3 Å². The van der Waals surface area contributed by atoms with E-state index < -0.39 is 0 Å². The summed E-state index contributed by atoms with van der Waals surface area (Å²) in [7, 11) is 0. The van der Waals surface area contributed by atoms with Gasteiger partial charge in [-0.3, -0.25) is 0 Å². The number of hydrogen-bond acceptors (Lipinski definition) is 4. The Hall–Kier alpha value is -1.88. The van der Waals surface area contributed by atoms with Crippen molar-refractivity contribution in [2.75, 3.05) is 12.1 Å². The number of imidazole rings is 1. The Balaban J connectivity index is 1.77. The van der Waals surface area contributed by atoms with Crippen LogP contribution in [0, 0.1) is 0 Å². The lowest BCUT2D eigenvalue weighted by Crippen LogP contribution is -2.06. The zero-order valence-electron chi connectivity index (χ0n) is 10.5. The SMILES string of the molecule is CCn1cncc1CNc1cc2c(cc1Cl)OCO2. The molecule has 1 aliphatic rings. The van der Waals surface area contributed by atoms with Crippen LogP contribution in [0.15, 0.2) is 24.7 Å². The fraction of sp³-hybridized carbons (Fsp3) is 0.308. The van der Waals surface area contributed by atoms with E-state index in [1.807, 2.05) is 18.6 Å². The summed E-state index contributed by atoms with van der Waals surface area (Å²) in [5.74, 6) is 1.41. The molecule has 0 saturated heterocycles. The van der Waals surface area contributed by atoms with Crippen LogP contribution in [-0.4, -0.2) is 16.3 Å². The fourth-order valence-electron chi connectivity index (χ4n) is 2.02. The number of rotatable bonds is 4. The van der Waals surface area contributed by atoms with Crippen molar-refractivity contribution in [2.45, 2.75) is 20.0 Å². The van der Waals surface area contributed by atoms with Crippen LogP contribution in [-0.2, 0) is 13.1 Å². The minimum atomic E-state index is 0.248. The van der Waals surface area contributed by atoms with Crippen molar-refractivity contribution in [1.29, 1.82) is 0 Å². The topological polar surface area (TPSA) is 48.3 Å². The van der Waals surface area contributed by atoms with Gasteiger partial charge in [-0.25, -0.2) is 4.98 Å². The summed E-state index contributed by atoms with van der Waals surface area (Å²) >= 11 is 6.20. The predicted molar refractivity (Wildman–Crippen MR) is 72.8 cm³/mol. The van der Waals surface area contributed by atoms with E-state index in [0.717, 1.165) is 23.7 Å². The standard InChI is InChI=1S/C13H14ClN3O2/c1-2-17-7-15-5-9(17)6-16-11-4-13-12(3-10(11)14)18-8-19-13/h3-5,7,16H,2,6,8H2,1H3. The quantitative estimate of drug-likeness (QED) is 0.935. The number of halogens is 1. The zero-order valence-corrected chi connectivity index (χ0v) is 11.3. The summed E-state index contributed by atoms with van der Waals surface area (Å²) in [6.07, 6.45) is 3.66. The highest BCUT2D eigenvalue weighted by Crippen LogP contribution is 2.39. The summed E-state index contributed by atoms with van der Waals surface area (Å²) in [5, 5.41) is 3.91. The van der Waals surface area contributed by atoms with Gasteiger partial charge in [0.15, 0.2) is 11.5 Å². The molecule has 5 nitrogen and oxygen atoms in total. The van der Waals surface area contributed by atoms with E-state index >= 15 is 0 Å². The van der Waals surface area contributed by atoms with Crippen LogP contribution in [0.2, 0.25) is 5.02 Å². The minimum absolute atomic E-state index is 0.248. The first-order chi connectivity index (χ1) is 9.28. The Bertz CT molecular complexity index is 598. The van der Waals surface area contributed by atoms with Crippen molar-refractivity contribution in [3.05, 3.63) is 35.4 Å². The molecule has 1 N–H and O–H groups in total. The molecule has 0 fully saturated rings. The summed E-state index contributed by atoms with van der Waals surface area (Å²) in [6, 6.07) is 3.63. The van der Waals surface area contributed by atoms with Crippen LogP contribution < -0.4 is 14.8 Å². The van der Waals surface area contributed by atoms with Gasteiger partial charge >= 0.3 is 0 Å². The lowest BCUT2D eigenvalue weighted by Gasteiger charge is -2.10. The first kappa shape index (κ1) is 12.2. The molecule has 0 aliphatic carbocycles. The van der Waals surface area contributed by atoms with Gasteiger partial charge in [-0.1, -0.05) is 11.6 Å². The van der Waals surface area contributed by atoms with Crippen LogP contribution in [0.4, 0.5) is 5.69 Å². The first-order valence-corrected chi connectivity index (χ1v) is 6.47. The van der Waals surface area contributed by atoms with Gasteiger partial charge < -0.3 is 19.4 Å². The summed E-state index contributed by atoms with van der Waals surface area (Å²) in [5.41, 5.74) is 1.94. The van der Waals surface area contributed by atoms with E-state index in [1.54, 1.807) is 6.07 Å². The number of benzene rings is 1. The van der Waals surface area contributed by atoms with Crippen LogP contribution in [0.5, 0.6) is 11.5 Å². The molecule has 0 amide bonds. The zero-order chi connectivity index (χ0) is 13.2. The maximum atomic E-state index is 6.20. The van der Waals surface area contributed by atoms with Gasteiger partial charge in [-0.15, -0.1) is 0 Å². The van der Waals surface area contributed by atoms with Crippen molar-refractivity contribution in [1.82, 2.24) is 9.55 Å². The van der Waals surface area contributed by atoms with Gasteiger partial charge in [0.05, 0.1) is 29.3 Å². The highest BCUT2D eigenvalue weighted by Gasteiger charge is 2.16. The van der Waals surface area contributed by atoms with Gasteiger partial charge in [-0.05, 0) is 6.92 Å². The molecular weight excluding hydrogens is 266 g/mol. The second kappa shape index (κ2) is 5.01. The predicted octanol–water partition coefficient (Wildman–Crippen LogP) is 2.90. The van der Waals surface area contributed by atoms with Crippen molar-refractivity contribution in [3.63, 3.8) is 0 Å². The maximum Gasteiger partial charge on any atom is 0.231 e. The Labute approximate surface area is 116 Å². The third-order valence-corrected chi connectivity index (χ3v) is 3.37. The molecular formula is C13H14ClN3O2. The van der Waals surface area contributed by atoms with Crippen molar-refractivity contribution in [3.8, 4) is 11.5 Å². The lowest BCUT2D eigenvalue weighted by atomic mass is 10.2. The number of fused-ring (bicyclic) bond motifs is 1. The van der Waals surface area contributed by atoms with Crippen LogP contribution in [0.3, 0.4) is 0 Å². The molecule has 0 saturated carbocycles. The highest BCUT2D eigenvalue weighted by atomic mass is 35.5.